The quantitative estimate of drug-likeness (QED) is 0.581. The molecular weight excluding hydrogens is 409 g/mol. The number of anilines is 1. The molecule has 11 heteroatoms. The van der Waals surface area contributed by atoms with E-state index in [-0.39, 0.29) is 17.8 Å². The molecule has 154 valence electrons. The Labute approximate surface area is 169 Å². The number of aromatic nitrogens is 2. The molecule has 0 radical (unpaired) electrons. The Morgan fingerprint density at radius 3 is 2.45 bits per heavy atom. The van der Waals surface area contributed by atoms with E-state index < -0.39 is 16.8 Å². The topological polar surface area (TPSA) is 89.1 Å². The van der Waals surface area contributed by atoms with Crippen LogP contribution in [0.4, 0.5) is 19.0 Å². The average molecular weight is 427 g/mol. The molecule has 0 atom stereocenters. The Bertz CT molecular complexity index is 982. The monoisotopic (exact) mass is 426 g/mol. The van der Waals surface area contributed by atoms with Gasteiger partial charge >= 0.3 is 6.18 Å². The molecule has 0 spiro atoms. The smallest absolute Gasteiger partial charge is 0.352 e. The SMILES string of the molecule is N=Cn1nc(N2CCN(C(=O)Cc3ccc(C(F)(F)F)c(Cl)c3)CC2)ccc1=N. The summed E-state index contributed by atoms with van der Waals surface area (Å²) in [6.45, 7) is 1.90. The predicted octanol–water partition coefficient (Wildman–Crippen LogP) is 2.38. The molecule has 29 heavy (non-hydrogen) atoms. The Kier molecular flexibility index (Phi) is 5.92. The minimum absolute atomic E-state index is 0.0303. The maximum absolute atomic E-state index is 12.8. The van der Waals surface area contributed by atoms with Crippen molar-refractivity contribution in [3.8, 4) is 0 Å². The van der Waals surface area contributed by atoms with Crippen LogP contribution in [0.2, 0.25) is 5.02 Å². The first-order valence-electron chi connectivity index (χ1n) is 8.72. The lowest BCUT2D eigenvalue weighted by Crippen LogP contribution is -2.49. The minimum Gasteiger partial charge on any atom is -0.352 e. The molecule has 0 aliphatic carbocycles. The zero-order valence-electron chi connectivity index (χ0n) is 15.2. The molecule has 2 aromatic rings. The maximum Gasteiger partial charge on any atom is 0.417 e. The molecule has 1 aliphatic heterocycles. The molecular formula is C18H18ClF3N6O. The lowest BCUT2D eigenvalue weighted by Gasteiger charge is -2.35. The minimum atomic E-state index is -4.53. The van der Waals surface area contributed by atoms with E-state index >= 15 is 0 Å². The summed E-state index contributed by atoms with van der Waals surface area (Å²) in [6.07, 6.45) is -3.61. The number of halogens is 4. The highest BCUT2D eigenvalue weighted by atomic mass is 35.5. The van der Waals surface area contributed by atoms with Crippen molar-refractivity contribution in [3.05, 3.63) is 52.0 Å². The molecule has 0 bridgehead atoms. The summed E-state index contributed by atoms with van der Waals surface area (Å²) in [6, 6.07) is 6.57. The van der Waals surface area contributed by atoms with Gasteiger partial charge in [0.05, 0.1) is 17.0 Å². The van der Waals surface area contributed by atoms with Gasteiger partial charge in [-0.05, 0) is 29.8 Å². The zero-order chi connectivity index (χ0) is 21.2. The van der Waals surface area contributed by atoms with E-state index in [1.807, 2.05) is 4.90 Å². The Hall–Kier alpha value is -2.88. The standard InChI is InChI=1S/C18H18ClF3N6O/c19-14-9-12(1-2-13(14)18(20,21)22)10-17(29)27-7-5-26(6-8-27)16-4-3-15(24)28(11-23)25-16/h1-4,9,11,23-24H,5-8,10H2. The summed E-state index contributed by atoms with van der Waals surface area (Å²) < 4.78 is 39.5. The molecule has 0 unspecified atom stereocenters. The zero-order valence-corrected chi connectivity index (χ0v) is 16.0. The molecule has 2 heterocycles. The first-order chi connectivity index (χ1) is 13.7. The number of benzene rings is 1. The van der Waals surface area contributed by atoms with E-state index in [0.717, 1.165) is 17.1 Å². The van der Waals surface area contributed by atoms with E-state index in [1.165, 1.54) is 12.1 Å². The van der Waals surface area contributed by atoms with Crippen molar-refractivity contribution in [2.24, 2.45) is 0 Å². The second-order valence-corrected chi connectivity index (χ2v) is 6.91. The summed E-state index contributed by atoms with van der Waals surface area (Å²) in [5.41, 5.74) is -0.403. The van der Waals surface area contributed by atoms with E-state index in [2.05, 4.69) is 5.10 Å². The number of hydrogen-bond donors (Lipinski definition) is 2. The largest absolute Gasteiger partial charge is 0.417 e. The van der Waals surface area contributed by atoms with Crippen molar-refractivity contribution in [1.82, 2.24) is 14.7 Å². The van der Waals surface area contributed by atoms with Gasteiger partial charge in [0.2, 0.25) is 5.91 Å². The molecule has 1 aromatic carbocycles. The van der Waals surface area contributed by atoms with E-state index in [9.17, 15) is 18.0 Å². The van der Waals surface area contributed by atoms with Crippen molar-refractivity contribution in [2.75, 3.05) is 31.1 Å². The van der Waals surface area contributed by atoms with Gasteiger partial charge < -0.3 is 9.80 Å². The third-order valence-corrected chi connectivity index (χ3v) is 4.93. The normalized spacial score (nSPS) is 14.8. The number of amides is 1. The van der Waals surface area contributed by atoms with Crippen molar-refractivity contribution < 1.29 is 18.0 Å². The predicted molar refractivity (Wildman–Crippen MR) is 101 cm³/mol. The number of alkyl halides is 3. The Balaban J connectivity index is 1.61. The molecule has 1 saturated heterocycles. The molecule has 1 aliphatic rings. The number of carbonyl (C=O) groups excluding carboxylic acids is 1. The van der Waals surface area contributed by atoms with Crippen molar-refractivity contribution in [2.45, 2.75) is 12.6 Å². The molecule has 2 N–H and O–H groups in total. The van der Waals surface area contributed by atoms with Gasteiger partial charge in [0.1, 0.15) is 17.6 Å². The van der Waals surface area contributed by atoms with Crippen LogP contribution in [0.5, 0.6) is 0 Å². The van der Waals surface area contributed by atoms with Gasteiger partial charge in [0.15, 0.2) is 0 Å². The average Bonchev–Trinajstić information content (AvgIpc) is 2.67. The van der Waals surface area contributed by atoms with Gasteiger partial charge in [-0.3, -0.25) is 15.6 Å². The van der Waals surface area contributed by atoms with Gasteiger partial charge in [-0.1, -0.05) is 17.7 Å². The van der Waals surface area contributed by atoms with Crippen LogP contribution < -0.4 is 10.4 Å². The van der Waals surface area contributed by atoms with Crippen LogP contribution >= 0.6 is 11.6 Å². The van der Waals surface area contributed by atoms with E-state index in [4.69, 9.17) is 22.4 Å². The maximum atomic E-state index is 12.8. The van der Waals surface area contributed by atoms with Gasteiger partial charge in [0, 0.05) is 26.2 Å². The van der Waals surface area contributed by atoms with Gasteiger partial charge in [-0.25, -0.2) is 4.68 Å². The first kappa shape index (κ1) is 20.8. The van der Waals surface area contributed by atoms with Crippen molar-refractivity contribution >= 4 is 29.7 Å². The third kappa shape index (κ3) is 4.76. The number of nitrogens with zero attached hydrogens (tertiary/aromatic N) is 4. The van der Waals surface area contributed by atoms with Crippen LogP contribution in [0.3, 0.4) is 0 Å². The molecule has 0 saturated carbocycles. The van der Waals surface area contributed by atoms with Crippen LogP contribution in [0, 0.1) is 10.8 Å². The summed E-state index contributed by atoms with van der Waals surface area (Å²) in [7, 11) is 0. The second kappa shape index (κ2) is 8.24. The van der Waals surface area contributed by atoms with E-state index in [0.29, 0.717) is 37.6 Å². The molecule has 1 aromatic heterocycles. The molecule has 3 rings (SSSR count). The number of nitrogens with one attached hydrogen (secondary N) is 2. The summed E-state index contributed by atoms with van der Waals surface area (Å²) in [5, 5.41) is 18.7. The fourth-order valence-corrected chi connectivity index (χ4v) is 3.37. The number of hydrogen-bond acceptors (Lipinski definition) is 5. The molecule has 7 nitrogen and oxygen atoms in total. The number of piperazine rings is 1. The summed E-state index contributed by atoms with van der Waals surface area (Å²) in [5.74, 6) is 0.413. The van der Waals surface area contributed by atoms with Crippen LogP contribution in [0.1, 0.15) is 11.1 Å². The fraction of sp³-hybridized carbons (Fsp3) is 0.333. The van der Waals surface area contributed by atoms with E-state index in [1.54, 1.807) is 17.0 Å². The Morgan fingerprint density at radius 1 is 1.17 bits per heavy atom. The number of rotatable bonds is 4. The third-order valence-electron chi connectivity index (χ3n) is 4.62. The van der Waals surface area contributed by atoms with Gasteiger partial charge in [-0.2, -0.15) is 13.2 Å². The van der Waals surface area contributed by atoms with Crippen LogP contribution in [0.15, 0.2) is 30.3 Å². The number of carbonyl (C=O) groups is 1. The lowest BCUT2D eigenvalue weighted by atomic mass is 10.1. The van der Waals surface area contributed by atoms with Crippen molar-refractivity contribution in [1.29, 1.82) is 10.8 Å². The van der Waals surface area contributed by atoms with Crippen LogP contribution in [0.25, 0.3) is 0 Å². The summed E-state index contributed by atoms with van der Waals surface area (Å²) >= 11 is 5.72. The highest BCUT2D eigenvalue weighted by Crippen LogP contribution is 2.35. The lowest BCUT2D eigenvalue weighted by molar-refractivity contribution is -0.137. The van der Waals surface area contributed by atoms with Gasteiger partial charge in [-0.15, -0.1) is 5.10 Å². The van der Waals surface area contributed by atoms with Crippen LogP contribution in [-0.4, -0.2) is 53.1 Å². The van der Waals surface area contributed by atoms with Crippen LogP contribution in [-0.2, 0) is 17.4 Å². The second-order valence-electron chi connectivity index (χ2n) is 6.51. The molecule has 1 fully saturated rings. The highest BCUT2D eigenvalue weighted by Gasteiger charge is 2.33. The first-order valence-corrected chi connectivity index (χ1v) is 9.10. The van der Waals surface area contributed by atoms with Gasteiger partial charge in [0.25, 0.3) is 0 Å². The molecule has 1 amide bonds. The highest BCUT2D eigenvalue weighted by molar-refractivity contribution is 6.31. The Morgan fingerprint density at radius 2 is 1.86 bits per heavy atom. The summed E-state index contributed by atoms with van der Waals surface area (Å²) in [4.78, 5) is 16.1. The van der Waals surface area contributed by atoms with Crippen molar-refractivity contribution in [3.63, 3.8) is 0 Å². The fourth-order valence-electron chi connectivity index (χ4n) is 3.06.